The third kappa shape index (κ3) is 6.15. The van der Waals surface area contributed by atoms with Gasteiger partial charge in [-0.2, -0.15) is 0 Å². The van der Waals surface area contributed by atoms with Gasteiger partial charge >= 0.3 is 0 Å². The summed E-state index contributed by atoms with van der Waals surface area (Å²) in [6.07, 6.45) is 10.1. The first kappa shape index (κ1) is 22.6. The molecule has 4 N–H and O–H groups in total. The number of rotatable bonds is 11. The third-order valence-electron chi connectivity index (χ3n) is 5.09. The standard InChI is InChI=1S/C22H31N3O4/c1-2-3-4-5-6-7-8-9-10-15-18(26)25(23)22(29)19-20(27)16-13-11-12-14-17(16)24-21(19)28/h11-14H,2-10,15,23H2,1H3,(H2,24,27,28). The molecule has 0 saturated carbocycles. The number of fused-ring (bicyclic) bond motifs is 1. The van der Waals surface area contributed by atoms with Crippen LogP contribution < -0.4 is 11.4 Å². The largest absolute Gasteiger partial charge is 0.506 e. The minimum atomic E-state index is -1.00. The smallest absolute Gasteiger partial charge is 0.284 e. The number of carbonyl (C=O) groups excluding carboxylic acids is 2. The molecule has 158 valence electrons. The average molecular weight is 402 g/mol. The maximum absolute atomic E-state index is 12.5. The molecule has 0 aliphatic carbocycles. The maximum Gasteiger partial charge on any atom is 0.284 e. The number of amides is 2. The van der Waals surface area contributed by atoms with E-state index in [9.17, 15) is 19.5 Å². The van der Waals surface area contributed by atoms with Crippen LogP contribution in [0.4, 0.5) is 0 Å². The van der Waals surface area contributed by atoms with Crippen LogP contribution in [0.2, 0.25) is 0 Å². The molecule has 1 aromatic carbocycles. The molecule has 29 heavy (non-hydrogen) atoms. The van der Waals surface area contributed by atoms with Gasteiger partial charge in [0.05, 0.1) is 5.52 Å². The van der Waals surface area contributed by atoms with Gasteiger partial charge in [-0.05, 0) is 18.6 Å². The summed E-state index contributed by atoms with van der Waals surface area (Å²) in [5.74, 6) is 3.61. The topological polar surface area (TPSA) is 116 Å². The minimum absolute atomic E-state index is 0.129. The lowest BCUT2D eigenvalue weighted by Gasteiger charge is -2.15. The van der Waals surface area contributed by atoms with Gasteiger partial charge in [0.1, 0.15) is 11.3 Å². The van der Waals surface area contributed by atoms with Crippen molar-refractivity contribution in [1.82, 2.24) is 9.99 Å². The Morgan fingerprint density at radius 2 is 1.59 bits per heavy atom. The number of nitrogens with two attached hydrogens (primary N) is 1. The fourth-order valence-corrected chi connectivity index (χ4v) is 3.37. The summed E-state index contributed by atoms with van der Waals surface area (Å²) < 4.78 is 0. The molecule has 0 spiro atoms. The number of pyridine rings is 1. The van der Waals surface area contributed by atoms with E-state index in [1.54, 1.807) is 24.3 Å². The first-order valence-electron chi connectivity index (χ1n) is 10.4. The summed E-state index contributed by atoms with van der Waals surface area (Å²) in [5, 5.41) is 11.1. The number of aromatic hydroxyl groups is 1. The summed E-state index contributed by atoms with van der Waals surface area (Å²) in [5.41, 5.74) is -0.903. The highest BCUT2D eigenvalue weighted by atomic mass is 16.3. The van der Waals surface area contributed by atoms with E-state index in [-0.39, 0.29) is 6.42 Å². The first-order chi connectivity index (χ1) is 14.0. The average Bonchev–Trinajstić information content (AvgIpc) is 2.71. The fraction of sp³-hybridized carbons (Fsp3) is 0.500. The molecule has 0 aliphatic heterocycles. The molecule has 0 aliphatic rings. The van der Waals surface area contributed by atoms with Crippen LogP contribution in [0.25, 0.3) is 10.9 Å². The van der Waals surface area contributed by atoms with Crippen LogP contribution in [0.5, 0.6) is 5.75 Å². The Labute approximate surface area is 170 Å². The zero-order chi connectivity index (χ0) is 21.2. The van der Waals surface area contributed by atoms with Crippen molar-refractivity contribution >= 4 is 22.7 Å². The lowest BCUT2D eigenvalue weighted by molar-refractivity contribution is -0.129. The number of unbranched alkanes of at least 4 members (excludes halogenated alkanes) is 8. The van der Waals surface area contributed by atoms with Crippen LogP contribution >= 0.6 is 0 Å². The van der Waals surface area contributed by atoms with Gasteiger partial charge in [-0.25, -0.2) is 10.9 Å². The Bertz CT molecular complexity index is 891. The molecule has 7 heteroatoms. The van der Waals surface area contributed by atoms with Gasteiger partial charge in [0.15, 0.2) is 0 Å². The van der Waals surface area contributed by atoms with Crippen molar-refractivity contribution in [2.24, 2.45) is 5.84 Å². The number of hydrogen-bond donors (Lipinski definition) is 3. The van der Waals surface area contributed by atoms with Gasteiger partial charge in [0.25, 0.3) is 11.5 Å². The van der Waals surface area contributed by atoms with Gasteiger partial charge in [-0.1, -0.05) is 70.4 Å². The SMILES string of the molecule is CCCCCCCCCCCC(=O)N(N)C(=O)c1c(O)c2ccccc2[nH]c1=O. The van der Waals surface area contributed by atoms with Crippen molar-refractivity contribution in [1.29, 1.82) is 0 Å². The van der Waals surface area contributed by atoms with Crippen molar-refractivity contribution in [2.75, 3.05) is 0 Å². The van der Waals surface area contributed by atoms with E-state index in [2.05, 4.69) is 11.9 Å². The minimum Gasteiger partial charge on any atom is -0.506 e. The number of carbonyl (C=O) groups is 2. The summed E-state index contributed by atoms with van der Waals surface area (Å²) >= 11 is 0. The van der Waals surface area contributed by atoms with Crippen LogP contribution in [0, 0.1) is 0 Å². The Morgan fingerprint density at radius 1 is 1.00 bits per heavy atom. The second-order valence-electron chi connectivity index (χ2n) is 7.37. The molecule has 2 aromatic rings. The molecule has 0 bridgehead atoms. The highest BCUT2D eigenvalue weighted by Crippen LogP contribution is 2.25. The van der Waals surface area contributed by atoms with E-state index < -0.39 is 28.7 Å². The normalized spacial score (nSPS) is 11.0. The summed E-state index contributed by atoms with van der Waals surface area (Å²) in [7, 11) is 0. The Kier molecular flexibility index (Phi) is 8.86. The van der Waals surface area contributed by atoms with E-state index in [0.717, 1.165) is 19.3 Å². The van der Waals surface area contributed by atoms with Crippen LogP contribution in [-0.2, 0) is 4.79 Å². The van der Waals surface area contributed by atoms with Crippen molar-refractivity contribution in [3.8, 4) is 5.75 Å². The number of imide groups is 1. The van der Waals surface area contributed by atoms with Gasteiger partial charge < -0.3 is 10.1 Å². The molecule has 1 aromatic heterocycles. The zero-order valence-electron chi connectivity index (χ0n) is 17.1. The zero-order valence-corrected chi connectivity index (χ0v) is 17.1. The van der Waals surface area contributed by atoms with E-state index in [1.807, 2.05) is 0 Å². The summed E-state index contributed by atoms with van der Waals surface area (Å²) in [6.45, 7) is 2.19. The Balaban J connectivity index is 1.86. The molecule has 0 fully saturated rings. The van der Waals surface area contributed by atoms with Crippen LogP contribution in [0.1, 0.15) is 81.5 Å². The van der Waals surface area contributed by atoms with Crippen molar-refractivity contribution in [2.45, 2.75) is 71.1 Å². The summed E-state index contributed by atoms with van der Waals surface area (Å²) in [4.78, 5) is 39.5. The number of aromatic amines is 1. The van der Waals surface area contributed by atoms with E-state index >= 15 is 0 Å². The Hall–Kier alpha value is -2.67. The Morgan fingerprint density at radius 3 is 2.24 bits per heavy atom. The number of H-pyrrole nitrogens is 1. The van der Waals surface area contributed by atoms with Gasteiger partial charge in [-0.3, -0.25) is 14.4 Å². The number of nitrogens with zero attached hydrogens (tertiary/aromatic N) is 1. The molecule has 0 unspecified atom stereocenters. The predicted octanol–water partition coefficient (Wildman–Crippen LogP) is 4.00. The molecule has 0 atom stereocenters. The molecule has 7 nitrogen and oxygen atoms in total. The van der Waals surface area contributed by atoms with Gasteiger partial charge in [0.2, 0.25) is 5.91 Å². The molecular formula is C22H31N3O4. The van der Waals surface area contributed by atoms with Gasteiger partial charge in [0, 0.05) is 11.8 Å². The quantitative estimate of drug-likeness (QED) is 0.228. The number of hydrogen-bond acceptors (Lipinski definition) is 5. The molecule has 2 rings (SSSR count). The lowest BCUT2D eigenvalue weighted by atomic mass is 10.1. The van der Waals surface area contributed by atoms with Crippen molar-refractivity contribution in [3.05, 3.63) is 40.2 Å². The van der Waals surface area contributed by atoms with E-state index in [4.69, 9.17) is 5.84 Å². The van der Waals surface area contributed by atoms with Crippen LogP contribution in [0.15, 0.2) is 29.1 Å². The number of benzene rings is 1. The molecular weight excluding hydrogens is 370 g/mol. The lowest BCUT2D eigenvalue weighted by Crippen LogP contribution is -2.44. The number of hydrazine groups is 1. The molecule has 2 amide bonds. The predicted molar refractivity (Wildman–Crippen MR) is 113 cm³/mol. The summed E-state index contributed by atoms with van der Waals surface area (Å²) in [6, 6.07) is 6.55. The van der Waals surface area contributed by atoms with Crippen LogP contribution in [0.3, 0.4) is 0 Å². The van der Waals surface area contributed by atoms with Crippen molar-refractivity contribution < 1.29 is 14.7 Å². The molecule has 0 radical (unpaired) electrons. The van der Waals surface area contributed by atoms with Crippen LogP contribution in [-0.4, -0.2) is 26.9 Å². The van der Waals surface area contributed by atoms with E-state index in [0.29, 0.717) is 22.3 Å². The molecule has 1 heterocycles. The maximum atomic E-state index is 12.5. The number of aromatic nitrogens is 1. The second-order valence-corrected chi connectivity index (χ2v) is 7.37. The van der Waals surface area contributed by atoms with Gasteiger partial charge in [-0.15, -0.1) is 0 Å². The first-order valence-corrected chi connectivity index (χ1v) is 10.4. The highest BCUT2D eigenvalue weighted by Gasteiger charge is 2.26. The second kappa shape index (κ2) is 11.4. The van der Waals surface area contributed by atoms with Crippen molar-refractivity contribution in [3.63, 3.8) is 0 Å². The molecule has 0 saturated heterocycles. The number of para-hydroxylation sites is 1. The number of nitrogens with one attached hydrogen (secondary N) is 1. The highest BCUT2D eigenvalue weighted by molar-refractivity contribution is 6.08. The monoisotopic (exact) mass is 401 g/mol. The van der Waals surface area contributed by atoms with E-state index in [1.165, 1.54) is 32.1 Å². The fourth-order valence-electron chi connectivity index (χ4n) is 3.37. The third-order valence-corrected chi connectivity index (χ3v) is 5.09.